The Kier molecular flexibility index (Phi) is 5.36. The maximum Gasteiger partial charge on any atom is 0.254 e. The quantitative estimate of drug-likeness (QED) is 0.745. The van der Waals surface area contributed by atoms with E-state index >= 15 is 0 Å². The lowest BCUT2D eigenvalue weighted by Gasteiger charge is -2.13. The summed E-state index contributed by atoms with van der Waals surface area (Å²) >= 11 is 16.8. The average molecular weight is 343 g/mol. The normalized spacial score (nSPS) is 12.0. The zero-order chi connectivity index (χ0) is 15.4. The molecule has 1 amide bonds. The Morgan fingerprint density at radius 2 is 2.00 bits per heavy atom. The zero-order valence-corrected chi connectivity index (χ0v) is 13.1. The van der Waals surface area contributed by atoms with Gasteiger partial charge in [-0.15, -0.1) is 0 Å². The van der Waals surface area contributed by atoms with Crippen molar-refractivity contribution in [2.24, 2.45) is 0 Å². The van der Waals surface area contributed by atoms with E-state index in [1.807, 2.05) is 0 Å². The highest BCUT2D eigenvalue weighted by atomic mass is 35.5. The number of hydrogen-bond acceptors (Lipinski definition) is 3. The van der Waals surface area contributed by atoms with Crippen molar-refractivity contribution in [3.05, 3.63) is 62.3 Å². The minimum Gasteiger partial charge on any atom is -0.387 e. The predicted molar refractivity (Wildman–Crippen MR) is 85.4 cm³/mol. The summed E-state index contributed by atoms with van der Waals surface area (Å²) in [6, 6.07) is 8.05. The van der Waals surface area contributed by atoms with Crippen molar-refractivity contribution in [2.75, 3.05) is 6.54 Å². The third kappa shape index (κ3) is 4.28. The summed E-state index contributed by atoms with van der Waals surface area (Å²) in [7, 11) is 0. The molecular formula is C14H12Cl2N2O2S. The van der Waals surface area contributed by atoms with E-state index in [2.05, 4.69) is 10.3 Å². The largest absolute Gasteiger partial charge is 0.387 e. The highest BCUT2D eigenvalue weighted by Crippen LogP contribution is 2.23. The molecule has 1 unspecified atom stereocenters. The summed E-state index contributed by atoms with van der Waals surface area (Å²) in [5, 5.41) is 13.5. The van der Waals surface area contributed by atoms with Crippen LogP contribution < -0.4 is 5.32 Å². The topological polar surface area (TPSA) is 65.1 Å². The molecule has 1 aromatic carbocycles. The van der Waals surface area contributed by atoms with Crippen LogP contribution in [0, 0.1) is 4.64 Å². The molecular weight excluding hydrogens is 331 g/mol. The molecule has 0 spiro atoms. The summed E-state index contributed by atoms with van der Waals surface area (Å²) in [4.78, 5) is 14.7. The second kappa shape index (κ2) is 7.04. The van der Waals surface area contributed by atoms with Gasteiger partial charge in [-0.05, 0) is 35.9 Å². The van der Waals surface area contributed by atoms with Crippen LogP contribution in [-0.2, 0) is 0 Å². The smallest absolute Gasteiger partial charge is 0.254 e. The number of aromatic amines is 1. The molecule has 1 heterocycles. The van der Waals surface area contributed by atoms with Gasteiger partial charge in [0.1, 0.15) is 4.64 Å². The van der Waals surface area contributed by atoms with Gasteiger partial charge in [0.05, 0.1) is 11.7 Å². The standard InChI is InChI=1S/C14H12Cl2N2O2S/c15-9-4-8(5-10(16)6-9)12(19)7-18-13(20)11-2-1-3-17-14(11)21/h1-6,12,19H,7H2,(H,17,21)(H,18,20). The fourth-order valence-electron chi connectivity index (χ4n) is 1.77. The third-order valence-corrected chi connectivity index (χ3v) is 3.56. The number of aliphatic hydroxyl groups excluding tert-OH is 1. The van der Waals surface area contributed by atoms with Crippen molar-refractivity contribution in [1.29, 1.82) is 0 Å². The molecule has 7 heteroatoms. The number of H-pyrrole nitrogens is 1. The van der Waals surface area contributed by atoms with Gasteiger partial charge in [-0.1, -0.05) is 35.4 Å². The minimum atomic E-state index is -0.911. The number of hydrogen-bond donors (Lipinski definition) is 3. The first kappa shape index (κ1) is 16.0. The number of carbonyl (C=O) groups is 1. The molecule has 0 bridgehead atoms. The van der Waals surface area contributed by atoms with E-state index in [1.165, 1.54) is 0 Å². The van der Waals surface area contributed by atoms with Crippen molar-refractivity contribution in [3.8, 4) is 0 Å². The van der Waals surface area contributed by atoms with Crippen molar-refractivity contribution >= 4 is 41.3 Å². The Labute approximate surface area is 136 Å². The summed E-state index contributed by atoms with van der Waals surface area (Å²) in [6.45, 7) is 0.0270. The average Bonchev–Trinajstić information content (AvgIpc) is 2.43. The number of nitrogens with one attached hydrogen (secondary N) is 2. The minimum absolute atomic E-state index is 0.0270. The Morgan fingerprint density at radius 1 is 1.33 bits per heavy atom. The van der Waals surface area contributed by atoms with Gasteiger partial charge in [0.2, 0.25) is 0 Å². The summed E-state index contributed by atoms with van der Waals surface area (Å²) in [5.74, 6) is -0.357. The second-order valence-electron chi connectivity index (χ2n) is 4.34. The number of carbonyl (C=O) groups excluding carboxylic acids is 1. The molecule has 4 nitrogen and oxygen atoms in total. The molecule has 0 aliphatic heterocycles. The number of pyridine rings is 1. The summed E-state index contributed by atoms with van der Waals surface area (Å²) < 4.78 is 0.343. The van der Waals surface area contributed by atoms with Crippen LogP contribution in [0.15, 0.2) is 36.5 Å². The van der Waals surface area contributed by atoms with Gasteiger partial charge in [0, 0.05) is 22.8 Å². The van der Waals surface area contributed by atoms with Crippen LogP contribution in [0.3, 0.4) is 0 Å². The van der Waals surface area contributed by atoms with Crippen molar-refractivity contribution in [2.45, 2.75) is 6.10 Å². The van der Waals surface area contributed by atoms with E-state index in [0.717, 1.165) is 0 Å². The lowest BCUT2D eigenvalue weighted by atomic mass is 10.1. The van der Waals surface area contributed by atoms with Gasteiger partial charge < -0.3 is 15.4 Å². The highest BCUT2D eigenvalue weighted by Gasteiger charge is 2.13. The number of halogens is 2. The van der Waals surface area contributed by atoms with Crippen LogP contribution in [0.5, 0.6) is 0 Å². The molecule has 0 aliphatic rings. The first-order chi connectivity index (χ1) is 9.97. The molecule has 0 radical (unpaired) electrons. The molecule has 0 saturated carbocycles. The van der Waals surface area contributed by atoms with E-state index in [4.69, 9.17) is 35.4 Å². The molecule has 2 aromatic rings. The van der Waals surface area contributed by atoms with E-state index in [0.29, 0.717) is 25.8 Å². The van der Waals surface area contributed by atoms with Gasteiger partial charge in [-0.25, -0.2) is 0 Å². The number of rotatable bonds is 4. The molecule has 1 aromatic heterocycles. The zero-order valence-electron chi connectivity index (χ0n) is 10.8. The molecule has 1 atom stereocenters. The van der Waals surface area contributed by atoms with Crippen molar-refractivity contribution in [1.82, 2.24) is 10.3 Å². The lowest BCUT2D eigenvalue weighted by molar-refractivity contribution is 0.0915. The highest BCUT2D eigenvalue weighted by molar-refractivity contribution is 7.71. The Balaban J connectivity index is 2.04. The third-order valence-electron chi connectivity index (χ3n) is 2.79. The maximum absolute atomic E-state index is 12.0. The molecule has 0 fully saturated rings. The molecule has 0 saturated heterocycles. The van der Waals surface area contributed by atoms with Crippen LogP contribution in [0.4, 0.5) is 0 Å². The number of aromatic nitrogens is 1. The van der Waals surface area contributed by atoms with E-state index in [-0.39, 0.29) is 12.5 Å². The maximum atomic E-state index is 12.0. The molecule has 0 aliphatic carbocycles. The Bertz CT molecular complexity index is 698. The number of aliphatic hydroxyl groups is 1. The molecule has 2 rings (SSSR count). The van der Waals surface area contributed by atoms with Gasteiger partial charge in [0.25, 0.3) is 5.91 Å². The van der Waals surface area contributed by atoms with E-state index in [9.17, 15) is 9.90 Å². The fourth-order valence-corrected chi connectivity index (χ4v) is 2.54. The van der Waals surface area contributed by atoms with Crippen LogP contribution in [0.2, 0.25) is 10.0 Å². The molecule has 21 heavy (non-hydrogen) atoms. The predicted octanol–water partition coefficient (Wildman–Crippen LogP) is 3.51. The van der Waals surface area contributed by atoms with Crippen molar-refractivity contribution < 1.29 is 9.90 Å². The van der Waals surface area contributed by atoms with Crippen LogP contribution >= 0.6 is 35.4 Å². The van der Waals surface area contributed by atoms with Gasteiger partial charge >= 0.3 is 0 Å². The Morgan fingerprint density at radius 3 is 2.62 bits per heavy atom. The molecule has 110 valence electrons. The second-order valence-corrected chi connectivity index (χ2v) is 5.62. The van der Waals surface area contributed by atoms with Crippen LogP contribution in [0.1, 0.15) is 22.0 Å². The monoisotopic (exact) mass is 342 g/mol. The number of amides is 1. The van der Waals surface area contributed by atoms with E-state index in [1.54, 1.807) is 36.5 Å². The number of benzene rings is 1. The first-order valence-electron chi connectivity index (χ1n) is 6.07. The van der Waals surface area contributed by atoms with Crippen LogP contribution in [-0.4, -0.2) is 22.5 Å². The summed E-state index contributed by atoms with van der Waals surface area (Å²) in [6.07, 6.45) is 0.730. The van der Waals surface area contributed by atoms with Gasteiger partial charge in [0.15, 0.2) is 0 Å². The summed E-state index contributed by atoms with van der Waals surface area (Å²) in [5.41, 5.74) is 0.884. The van der Waals surface area contributed by atoms with E-state index < -0.39 is 6.10 Å². The first-order valence-corrected chi connectivity index (χ1v) is 7.24. The van der Waals surface area contributed by atoms with Crippen LogP contribution in [0.25, 0.3) is 0 Å². The lowest BCUT2D eigenvalue weighted by Crippen LogP contribution is -2.28. The van der Waals surface area contributed by atoms with Gasteiger partial charge in [-0.3, -0.25) is 4.79 Å². The van der Waals surface area contributed by atoms with Crippen molar-refractivity contribution in [3.63, 3.8) is 0 Å². The Hall–Kier alpha value is -1.40. The fraction of sp³-hybridized carbons (Fsp3) is 0.143. The SMILES string of the molecule is O=C(NCC(O)c1cc(Cl)cc(Cl)c1)c1ccc[nH]c1=S. The van der Waals surface area contributed by atoms with Gasteiger partial charge in [-0.2, -0.15) is 0 Å². The molecule has 3 N–H and O–H groups in total.